The first-order valence-corrected chi connectivity index (χ1v) is 10.2. The minimum absolute atomic E-state index is 0.0695. The second kappa shape index (κ2) is 9.01. The molecule has 1 atom stereocenters. The van der Waals surface area contributed by atoms with Crippen LogP contribution in [0.1, 0.15) is 30.5 Å². The van der Waals surface area contributed by atoms with Crippen molar-refractivity contribution in [2.45, 2.75) is 19.4 Å². The third-order valence-electron chi connectivity index (χ3n) is 5.13. The van der Waals surface area contributed by atoms with Crippen molar-refractivity contribution in [2.75, 3.05) is 11.5 Å². The van der Waals surface area contributed by atoms with Gasteiger partial charge in [-0.15, -0.1) is 0 Å². The summed E-state index contributed by atoms with van der Waals surface area (Å²) in [5.74, 6) is -1.89. The van der Waals surface area contributed by atoms with E-state index in [1.54, 1.807) is 42.6 Å². The van der Waals surface area contributed by atoms with Crippen LogP contribution in [0.5, 0.6) is 5.75 Å². The number of ether oxygens (including phenoxy) is 1. The topological polar surface area (TPSA) is 79.7 Å². The molecule has 0 saturated carbocycles. The molecule has 1 saturated heterocycles. The van der Waals surface area contributed by atoms with Crippen molar-refractivity contribution < 1.29 is 23.8 Å². The van der Waals surface area contributed by atoms with Crippen LogP contribution >= 0.6 is 0 Å². The van der Waals surface area contributed by atoms with Gasteiger partial charge in [0, 0.05) is 23.6 Å². The second-order valence-electron chi connectivity index (χ2n) is 7.31. The summed E-state index contributed by atoms with van der Waals surface area (Å²) in [5, 5.41) is 11.1. The lowest BCUT2D eigenvalue weighted by atomic mass is 9.96. The zero-order chi connectivity index (χ0) is 22.7. The molecule has 1 N–H and O–H groups in total. The highest BCUT2D eigenvalue weighted by molar-refractivity contribution is 6.51. The first-order valence-electron chi connectivity index (χ1n) is 10.2. The van der Waals surface area contributed by atoms with Gasteiger partial charge >= 0.3 is 0 Å². The molecule has 1 aliphatic rings. The van der Waals surface area contributed by atoms with Crippen molar-refractivity contribution in [3.05, 3.63) is 95.6 Å². The lowest BCUT2D eigenvalue weighted by molar-refractivity contribution is -0.132. The Labute approximate surface area is 184 Å². The van der Waals surface area contributed by atoms with Crippen LogP contribution < -0.4 is 9.64 Å². The fourth-order valence-electron chi connectivity index (χ4n) is 3.66. The Morgan fingerprint density at radius 1 is 1.12 bits per heavy atom. The van der Waals surface area contributed by atoms with E-state index in [1.165, 1.54) is 35.4 Å². The molecule has 1 unspecified atom stereocenters. The van der Waals surface area contributed by atoms with E-state index < -0.39 is 23.5 Å². The summed E-state index contributed by atoms with van der Waals surface area (Å²) < 4.78 is 19.1. The zero-order valence-corrected chi connectivity index (χ0v) is 17.4. The smallest absolute Gasteiger partial charge is 0.300 e. The van der Waals surface area contributed by atoms with Gasteiger partial charge in [0.2, 0.25) is 0 Å². The third kappa shape index (κ3) is 3.97. The number of benzene rings is 2. The number of halogens is 1. The van der Waals surface area contributed by atoms with Crippen LogP contribution in [0, 0.1) is 5.82 Å². The quantitative estimate of drug-likeness (QED) is 0.349. The van der Waals surface area contributed by atoms with E-state index in [0.717, 1.165) is 6.42 Å². The fraction of sp³-hybridized carbons (Fsp3) is 0.160. The molecule has 162 valence electrons. The Morgan fingerprint density at radius 3 is 2.59 bits per heavy atom. The third-order valence-corrected chi connectivity index (χ3v) is 5.13. The average molecular weight is 432 g/mol. The van der Waals surface area contributed by atoms with E-state index in [4.69, 9.17) is 4.74 Å². The zero-order valence-electron chi connectivity index (χ0n) is 17.4. The van der Waals surface area contributed by atoms with Gasteiger partial charge in [0.05, 0.1) is 18.2 Å². The van der Waals surface area contributed by atoms with Crippen LogP contribution in [-0.4, -0.2) is 28.4 Å². The minimum atomic E-state index is -0.922. The molecule has 1 fully saturated rings. The SMILES string of the molecule is CCCOc1cccc(/C(O)=C2/C(=O)C(=O)N(c3ccc(F)cc3)C2c2cccnc2)c1. The van der Waals surface area contributed by atoms with Crippen LogP contribution in [0.25, 0.3) is 5.76 Å². The molecule has 7 heteroatoms. The van der Waals surface area contributed by atoms with Crippen LogP contribution in [0.4, 0.5) is 10.1 Å². The van der Waals surface area contributed by atoms with Crippen molar-refractivity contribution in [2.24, 2.45) is 0 Å². The Hall–Kier alpha value is -4.00. The molecule has 3 aromatic rings. The predicted molar refractivity (Wildman–Crippen MR) is 118 cm³/mol. The van der Waals surface area contributed by atoms with Crippen molar-refractivity contribution >= 4 is 23.1 Å². The highest BCUT2D eigenvalue weighted by atomic mass is 19.1. The molecule has 6 nitrogen and oxygen atoms in total. The van der Waals surface area contributed by atoms with Gasteiger partial charge in [-0.2, -0.15) is 0 Å². The number of carbonyl (C=O) groups is 2. The van der Waals surface area contributed by atoms with E-state index in [-0.39, 0.29) is 11.3 Å². The van der Waals surface area contributed by atoms with Gasteiger partial charge in [-0.25, -0.2) is 4.39 Å². The first-order chi connectivity index (χ1) is 15.5. The maximum atomic E-state index is 13.5. The number of carbonyl (C=O) groups excluding carboxylic acids is 2. The summed E-state index contributed by atoms with van der Waals surface area (Å²) in [4.78, 5) is 31.5. The van der Waals surface area contributed by atoms with Gasteiger partial charge in [0.1, 0.15) is 17.3 Å². The molecule has 1 amide bonds. The number of Topliss-reactive ketones (excluding diaryl/α,β-unsaturated/α-hetero) is 1. The standard InChI is InChI=1S/C25H21FN2O4/c1-2-13-32-20-7-3-5-16(14-20)23(29)21-22(17-6-4-12-27-15-17)28(25(31)24(21)30)19-10-8-18(26)9-11-19/h3-12,14-15,22,29H,2,13H2,1H3/b23-21-. The van der Waals surface area contributed by atoms with Crippen LogP contribution in [-0.2, 0) is 9.59 Å². The number of aliphatic hydroxyl groups is 1. The molecule has 1 aliphatic heterocycles. The van der Waals surface area contributed by atoms with Gasteiger partial charge in [-0.05, 0) is 54.4 Å². The second-order valence-corrected chi connectivity index (χ2v) is 7.31. The molecule has 2 aromatic carbocycles. The number of ketones is 1. The van der Waals surface area contributed by atoms with Crippen molar-refractivity contribution in [1.82, 2.24) is 4.98 Å². The predicted octanol–water partition coefficient (Wildman–Crippen LogP) is 4.64. The van der Waals surface area contributed by atoms with Gasteiger partial charge in [0.25, 0.3) is 11.7 Å². The number of hydrogen-bond donors (Lipinski definition) is 1. The number of aromatic nitrogens is 1. The number of amides is 1. The highest BCUT2D eigenvalue weighted by Crippen LogP contribution is 2.42. The Bertz CT molecular complexity index is 1180. The minimum Gasteiger partial charge on any atom is -0.507 e. The van der Waals surface area contributed by atoms with E-state index in [1.807, 2.05) is 6.92 Å². The van der Waals surface area contributed by atoms with E-state index in [2.05, 4.69) is 4.98 Å². The summed E-state index contributed by atoms with van der Waals surface area (Å²) in [6.07, 6.45) is 3.92. The van der Waals surface area contributed by atoms with E-state index in [9.17, 15) is 19.1 Å². The number of anilines is 1. The Morgan fingerprint density at radius 2 is 1.91 bits per heavy atom. The number of hydrogen-bond acceptors (Lipinski definition) is 5. The summed E-state index contributed by atoms with van der Waals surface area (Å²) in [5.41, 5.74) is 1.15. The molecule has 0 spiro atoms. The Balaban J connectivity index is 1.87. The lowest BCUT2D eigenvalue weighted by Crippen LogP contribution is -2.29. The van der Waals surface area contributed by atoms with E-state index >= 15 is 0 Å². The van der Waals surface area contributed by atoms with Crippen LogP contribution in [0.2, 0.25) is 0 Å². The van der Waals surface area contributed by atoms with Crippen molar-refractivity contribution in [3.8, 4) is 5.75 Å². The molecule has 0 aliphatic carbocycles. The van der Waals surface area contributed by atoms with Gasteiger partial charge in [0.15, 0.2) is 0 Å². The summed E-state index contributed by atoms with van der Waals surface area (Å²) in [6.45, 7) is 2.49. The summed E-state index contributed by atoms with van der Waals surface area (Å²) >= 11 is 0. The Kier molecular flexibility index (Phi) is 5.98. The van der Waals surface area contributed by atoms with Gasteiger partial charge < -0.3 is 9.84 Å². The van der Waals surface area contributed by atoms with Crippen LogP contribution in [0.15, 0.2) is 78.6 Å². The number of aliphatic hydroxyl groups excluding tert-OH is 1. The molecule has 0 bridgehead atoms. The highest BCUT2D eigenvalue weighted by Gasteiger charge is 2.47. The lowest BCUT2D eigenvalue weighted by Gasteiger charge is -2.25. The number of nitrogens with zero attached hydrogens (tertiary/aromatic N) is 2. The molecular formula is C25H21FN2O4. The number of pyridine rings is 1. The summed E-state index contributed by atoms with van der Waals surface area (Å²) in [7, 11) is 0. The fourth-order valence-corrected chi connectivity index (χ4v) is 3.66. The largest absolute Gasteiger partial charge is 0.507 e. The number of rotatable bonds is 6. The monoisotopic (exact) mass is 432 g/mol. The average Bonchev–Trinajstić information content (AvgIpc) is 3.09. The maximum Gasteiger partial charge on any atom is 0.300 e. The first kappa shape index (κ1) is 21.2. The molecule has 0 radical (unpaired) electrons. The van der Waals surface area contributed by atoms with Gasteiger partial charge in [-0.1, -0.05) is 25.1 Å². The van der Waals surface area contributed by atoms with Crippen molar-refractivity contribution in [3.63, 3.8) is 0 Å². The summed E-state index contributed by atoms with van der Waals surface area (Å²) in [6, 6.07) is 14.5. The van der Waals surface area contributed by atoms with Crippen LogP contribution in [0.3, 0.4) is 0 Å². The van der Waals surface area contributed by atoms with Crippen molar-refractivity contribution in [1.29, 1.82) is 0 Å². The normalized spacial score (nSPS) is 17.6. The molecule has 32 heavy (non-hydrogen) atoms. The van der Waals surface area contributed by atoms with E-state index in [0.29, 0.717) is 29.2 Å². The molecular weight excluding hydrogens is 411 g/mol. The molecule has 1 aromatic heterocycles. The van der Waals surface area contributed by atoms with Gasteiger partial charge in [-0.3, -0.25) is 19.5 Å². The maximum absolute atomic E-state index is 13.5. The molecule has 4 rings (SSSR count). The molecule has 2 heterocycles.